The predicted octanol–water partition coefficient (Wildman–Crippen LogP) is 5.85. The van der Waals surface area contributed by atoms with E-state index in [0.29, 0.717) is 23.0 Å². The number of alkyl halides is 6. The number of carbonyl (C=O) groups is 1. The van der Waals surface area contributed by atoms with Crippen LogP contribution in [0.1, 0.15) is 0 Å². The van der Waals surface area contributed by atoms with Crippen LogP contribution in [0.5, 0.6) is 23.0 Å². The first kappa shape index (κ1) is 26.9. The van der Waals surface area contributed by atoms with Crippen molar-refractivity contribution in [1.82, 2.24) is 10.6 Å². The van der Waals surface area contributed by atoms with E-state index in [9.17, 15) is 4.79 Å². The Balaban J connectivity index is 2.09. The molecule has 176 valence electrons. The molecule has 0 aliphatic carbocycles. The molecule has 2 amide bonds. The van der Waals surface area contributed by atoms with Gasteiger partial charge in [-0.25, -0.2) is 4.79 Å². The third-order valence-electron chi connectivity index (χ3n) is 3.75. The molecule has 0 bridgehead atoms. The molecular formula is C19H18Cl6N2O5. The number of rotatable bonds is 8. The van der Waals surface area contributed by atoms with Crippen LogP contribution >= 0.6 is 69.6 Å². The van der Waals surface area contributed by atoms with E-state index in [4.69, 9.17) is 88.6 Å². The highest BCUT2D eigenvalue weighted by atomic mass is 35.6. The predicted molar refractivity (Wildman–Crippen MR) is 127 cm³/mol. The summed E-state index contributed by atoms with van der Waals surface area (Å²) in [5.74, 6) is 1.79. The molecule has 0 aromatic heterocycles. The van der Waals surface area contributed by atoms with Crippen molar-refractivity contribution in [3.63, 3.8) is 0 Å². The second-order valence-corrected chi connectivity index (χ2v) is 10.8. The number of hydrogen-bond acceptors (Lipinski definition) is 5. The minimum absolute atomic E-state index is 0.301. The molecule has 0 unspecified atom stereocenters. The van der Waals surface area contributed by atoms with Gasteiger partial charge in [-0.05, 0) is 48.5 Å². The highest BCUT2D eigenvalue weighted by Crippen LogP contribution is 2.34. The van der Waals surface area contributed by atoms with E-state index in [1.54, 1.807) is 48.5 Å². The molecule has 2 atom stereocenters. The molecule has 0 aliphatic heterocycles. The Bertz CT molecular complexity index is 800. The fourth-order valence-corrected chi connectivity index (χ4v) is 2.81. The molecule has 2 N–H and O–H groups in total. The molecule has 32 heavy (non-hydrogen) atoms. The molecule has 2 aromatic rings. The molecule has 0 spiro atoms. The summed E-state index contributed by atoms with van der Waals surface area (Å²) in [6, 6.07) is 11.9. The number of amides is 2. The lowest BCUT2D eigenvalue weighted by molar-refractivity contribution is 0.141. The van der Waals surface area contributed by atoms with Crippen LogP contribution in [-0.4, -0.2) is 40.3 Å². The highest BCUT2D eigenvalue weighted by molar-refractivity contribution is 6.68. The second-order valence-electron chi connectivity index (χ2n) is 6.05. The smallest absolute Gasteiger partial charge is 0.320 e. The number of halogens is 6. The molecular weight excluding hydrogens is 549 g/mol. The van der Waals surface area contributed by atoms with Crippen molar-refractivity contribution in [3.8, 4) is 23.0 Å². The van der Waals surface area contributed by atoms with Crippen LogP contribution in [0.15, 0.2) is 48.5 Å². The van der Waals surface area contributed by atoms with Crippen LogP contribution in [0.25, 0.3) is 0 Å². The maximum atomic E-state index is 12.6. The number of urea groups is 1. The van der Waals surface area contributed by atoms with E-state index in [1.165, 1.54) is 14.2 Å². The second kappa shape index (κ2) is 11.7. The molecule has 0 saturated carbocycles. The summed E-state index contributed by atoms with van der Waals surface area (Å²) >= 11 is 35.7. The molecule has 0 radical (unpaired) electrons. The van der Waals surface area contributed by atoms with Gasteiger partial charge >= 0.3 is 6.03 Å². The van der Waals surface area contributed by atoms with Crippen molar-refractivity contribution in [2.75, 3.05) is 14.2 Å². The number of benzene rings is 2. The van der Waals surface area contributed by atoms with Gasteiger partial charge in [-0.2, -0.15) is 0 Å². The van der Waals surface area contributed by atoms with Gasteiger partial charge in [0.25, 0.3) is 0 Å². The molecule has 7 nitrogen and oxygen atoms in total. The summed E-state index contributed by atoms with van der Waals surface area (Å²) in [5.41, 5.74) is 0. The van der Waals surface area contributed by atoms with Crippen molar-refractivity contribution in [2.24, 2.45) is 0 Å². The van der Waals surface area contributed by atoms with E-state index in [2.05, 4.69) is 10.6 Å². The van der Waals surface area contributed by atoms with Gasteiger partial charge in [0.1, 0.15) is 23.0 Å². The summed E-state index contributed by atoms with van der Waals surface area (Å²) in [7, 11) is 3.03. The van der Waals surface area contributed by atoms with Gasteiger partial charge in [-0.3, -0.25) is 10.6 Å². The average molecular weight is 567 g/mol. The van der Waals surface area contributed by atoms with E-state index < -0.39 is 26.1 Å². The minimum Gasteiger partial charge on any atom is -0.497 e. The van der Waals surface area contributed by atoms with Crippen LogP contribution in [0.4, 0.5) is 4.79 Å². The molecule has 0 saturated heterocycles. The Labute approximate surface area is 215 Å². The largest absolute Gasteiger partial charge is 0.497 e. The lowest BCUT2D eigenvalue weighted by Gasteiger charge is -2.29. The van der Waals surface area contributed by atoms with Gasteiger partial charge < -0.3 is 18.9 Å². The van der Waals surface area contributed by atoms with Gasteiger partial charge in [0.2, 0.25) is 20.0 Å². The first-order valence-electron chi connectivity index (χ1n) is 8.74. The number of ether oxygens (including phenoxy) is 4. The molecule has 0 aliphatic rings. The van der Waals surface area contributed by atoms with E-state index >= 15 is 0 Å². The monoisotopic (exact) mass is 564 g/mol. The average Bonchev–Trinajstić information content (AvgIpc) is 2.72. The van der Waals surface area contributed by atoms with Crippen LogP contribution in [0.2, 0.25) is 0 Å². The van der Waals surface area contributed by atoms with Gasteiger partial charge in [0.05, 0.1) is 14.2 Å². The quantitative estimate of drug-likeness (QED) is 0.309. The lowest BCUT2D eigenvalue weighted by atomic mass is 10.3. The highest BCUT2D eigenvalue weighted by Gasteiger charge is 2.40. The Kier molecular flexibility index (Phi) is 9.82. The van der Waals surface area contributed by atoms with Crippen molar-refractivity contribution in [1.29, 1.82) is 0 Å². The summed E-state index contributed by atoms with van der Waals surface area (Å²) in [6.45, 7) is 0. The van der Waals surface area contributed by atoms with Gasteiger partial charge in [0, 0.05) is 0 Å². The SMILES string of the molecule is COc1ccc(O[C@@H](NC(=O)N[C@H](Oc2ccc(OC)cc2)C(Cl)(Cl)Cl)C(Cl)(Cl)Cl)cc1. The lowest BCUT2D eigenvalue weighted by Crippen LogP contribution is -2.56. The maximum Gasteiger partial charge on any atom is 0.320 e. The summed E-state index contributed by atoms with van der Waals surface area (Å²) in [6.07, 6.45) is -2.81. The van der Waals surface area contributed by atoms with Crippen LogP contribution < -0.4 is 29.6 Å². The zero-order valence-electron chi connectivity index (χ0n) is 16.6. The maximum absolute atomic E-state index is 12.6. The fraction of sp³-hybridized carbons (Fsp3) is 0.316. The van der Waals surface area contributed by atoms with Crippen LogP contribution in [0.3, 0.4) is 0 Å². The van der Waals surface area contributed by atoms with Crippen molar-refractivity contribution < 1.29 is 23.7 Å². The number of methoxy groups -OCH3 is 2. The van der Waals surface area contributed by atoms with E-state index in [0.717, 1.165) is 0 Å². The molecule has 0 fully saturated rings. The number of hydrogen-bond donors (Lipinski definition) is 2. The van der Waals surface area contributed by atoms with E-state index in [1.807, 2.05) is 0 Å². The Hall–Kier alpha value is -1.35. The molecule has 2 rings (SSSR count). The molecule has 0 heterocycles. The molecule has 2 aromatic carbocycles. The third kappa shape index (κ3) is 8.54. The number of nitrogens with one attached hydrogen (secondary N) is 2. The molecule has 13 heteroatoms. The van der Waals surface area contributed by atoms with Gasteiger partial charge in [-0.1, -0.05) is 69.6 Å². The Morgan fingerprint density at radius 1 is 0.656 bits per heavy atom. The topological polar surface area (TPSA) is 78.1 Å². The summed E-state index contributed by atoms with van der Waals surface area (Å²) in [4.78, 5) is 12.6. The standard InChI is InChI=1S/C19H18Cl6N2O5/c1-29-11-3-7-13(8-4-11)31-15(18(20,21)22)26-17(28)27-16(19(23,24)25)32-14-9-5-12(30-2)6-10-14/h3-10,15-16H,1-2H3,(H2,26,27,28)/t15-,16-/m1/s1. The fourth-order valence-electron chi connectivity index (χ4n) is 2.22. The van der Waals surface area contributed by atoms with Gasteiger partial charge in [-0.15, -0.1) is 0 Å². The Morgan fingerprint density at radius 3 is 1.19 bits per heavy atom. The summed E-state index contributed by atoms with van der Waals surface area (Å²) < 4.78 is 17.2. The van der Waals surface area contributed by atoms with Crippen molar-refractivity contribution in [2.45, 2.75) is 20.0 Å². The zero-order valence-corrected chi connectivity index (χ0v) is 21.1. The minimum atomic E-state index is -2.04. The van der Waals surface area contributed by atoms with Gasteiger partial charge in [0.15, 0.2) is 0 Å². The number of carbonyl (C=O) groups excluding carboxylic acids is 1. The first-order valence-corrected chi connectivity index (χ1v) is 11.0. The summed E-state index contributed by atoms with van der Waals surface area (Å²) in [5, 5.41) is 4.73. The van der Waals surface area contributed by atoms with E-state index in [-0.39, 0.29) is 0 Å². The zero-order chi connectivity index (χ0) is 23.9. The van der Waals surface area contributed by atoms with Crippen LogP contribution in [-0.2, 0) is 0 Å². The van der Waals surface area contributed by atoms with Crippen LogP contribution in [0, 0.1) is 0 Å². The Morgan fingerprint density at radius 2 is 0.938 bits per heavy atom. The normalized spacial score (nSPS) is 13.5. The third-order valence-corrected chi connectivity index (χ3v) is 4.93. The first-order chi connectivity index (χ1) is 14.9. The van der Waals surface area contributed by atoms with Crippen molar-refractivity contribution >= 4 is 75.6 Å². The van der Waals surface area contributed by atoms with Crippen molar-refractivity contribution in [3.05, 3.63) is 48.5 Å².